The summed E-state index contributed by atoms with van der Waals surface area (Å²) in [5, 5.41) is 2.83. The summed E-state index contributed by atoms with van der Waals surface area (Å²) in [5.41, 5.74) is 6.51. The van der Waals surface area contributed by atoms with Crippen molar-refractivity contribution in [1.29, 1.82) is 0 Å². The van der Waals surface area contributed by atoms with Gasteiger partial charge in [0.2, 0.25) is 5.91 Å². The minimum absolute atomic E-state index is 0.0550. The maximum atomic E-state index is 11.7. The van der Waals surface area contributed by atoms with Crippen LogP contribution in [0, 0.1) is 0 Å². The molecule has 0 aliphatic carbocycles. The first-order valence-corrected chi connectivity index (χ1v) is 6.94. The van der Waals surface area contributed by atoms with Gasteiger partial charge in [0.15, 0.2) is 0 Å². The van der Waals surface area contributed by atoms with Crippen molar-refractivity contribution in [3.63, 3.8) is 0 Å². The molecular formula is C15H25N3O2. The Morgan fingerprint density at radius 2 is 2.00 bits per heavy atom. The number of hydrogen-bond acceptors (Lipinski definition) is 4. The van der Waals surface area contributed by atoms with Gasteiger partial charge >= 0.3 is 0 Å². The summed E-state index contributed by atoms with van der Waals surface area (Å²) in [5.74, 6) is 0.746. The number of ether oxygens (including phenoxy) is 1. The van der Waals surface area contributed by atoms with E-state index in [2.05, 4.69) is 10.2 Å². The molecule has 0 radical (unpaired) electrons. The molecule has 0 saturated carbocycles. The topological polar surface area (TPSA) is 67.6 Å². The maximum absolute atomic E-state index is 11.7. The summed E-state index contributed by atoms with van der Waals surface area (Å²) in [4.78, 5) is 13.7. The molecule has 5 heteroatoms. The third kappa shape index (κ3) is 6.54. The van der Waals surface area contributed by atoms with E-state index in [9.17, 15) is 4.79 Å². The van der Waals surface area contributed by atoms with Gasteiger partial charge in [0.25, 0.3) is 0 Å². The number of nitrogens with one attached hydrogen (secondary N) is 1. The fourth-order valence-electron chi connectivity index (χ4n) is 1.58. The Bertz CT molecular complexity index is 404. The lowest BCUT2D eigenvalue weighted by Crippen LogP contribution is -2.26. The van der Waals surface area contributed by atoms with Crippen LogP contribution in [0.25, 0.3) is 0 Å². The molecule has 1 aromatic rings. The average Bonchev–Trinajstić information content (AvgIpc) is 2.40. The average molecular weight is 279 g/mol. The molecule has 20 heavy (non-hydrogen) atoms. The van der Waals surface area contributed by atoms with Crippen LogP contribution in [0.15, 0.2) is 24.3 Å². The maximum Gasteiger partial charge on any atom is 0.225 e. The van der Waals surface area contributed by atoms with Crippen molar-refractivity contribution in [1.82, 2.24) is 4.90 Å². The highest BCUT2D eigenvalue weighted by Crippen LogP contribution is 2.16. The zero-order valence-electron chi connectivity index (χ0n) is 12.6. The molecule has 0 aliphatic rings. The van der Waals surface area contributed by atoms with E-state index < -0.39 is 0 Å². The molecule has 0 bridgehead atoms. The van der Waals surface area contributed by atoms with Gasteiger partial charge in [-0.15, -0.1) is 0 Å². The SMILES string of the molecule is CCC(N)CC(=O)Nc1ccc(OCCN(C)C)cc1. The first kappa shape index (κ1) is 16.5. The van der Waals surface area contributed by atoms with Crippen molar-refractivity contribution >= 4 is 11.6 Å². The molecule has 1 rings (SSSR count). The van der Waals surface area contributed by atoms with Crippen LogP contribution < -0.4 is 15.8 Å². The highest BCUT2D eigenvalue weighted by molar-refractivity contribution is 5.91. The van der Waals surface area contributed by atoms with Crippen LogP contribution in [0.2, 0.25) is 0 Å². The summed E-state index contributed by atoms with van der Waals surface area (Å²) >= 11 is 0. The molecule has 3 N–H and O–H groups in total. The third-order valence-corrected chi connectivity index (χ3v) is 2.92. The van der Waals surface area contributed by atoms with Gasteiger partial charge in [-0.05, 0) is 44.8 Å². The highest BCUT2D eigenvalue weighted by atomic mass is 16.5. The van der Waals surface area contributed by atoms with Gasteiger partial charge in [-0.25, -0.2) is 0 Å². The number of rotatable bonds is 8. The van der Waals surface area contributed by atoms with E-state index in [-0.39, 0.29) is 11.9 Å². The molecule has 1 atom stereocenters. The van der Waals surface area contributed by atoms with Crippen molar-refractivity contribution in [2.24, 2.45) is 5.73 Å². The van der Waals surface area contributed by atoms with Crippen LogP contribution in [0.4, 0.5) is 5.69 Å². The molecule has 0 aliphatic heterocycles. The Labute approximate surface area is 121 Å². The molecule has 5 nitrogen and oxygen atoms in total. The minimum Gasteiger partial charge on any atom is -0.492 e. The quantitative estimate of drug-likeness (QED) is 0.760. The van der Waals surface area contributed by atoms with Crippen molar-refractivity contribution in [2.75, 3.05) is 32.6 Å². The van der Waals surface area contributed by atoms with Crippen LogP contribution in [-0.2, 0) is 4.79 Å². The largest absolute Gasteiger partial charge is 0.492 e. The van der Waals surface area contributed by atoms with E-state index in [1.807, 2.05) is 45.3 Å². The minimum atomic E-state index is -0.0800. The molecule has 0 fully saturated rings. The van der Waals surface area contributed by atoms with Crippen molar-refractivity contribution in [2.45, 2.75) is 25.8 Å². The summed E-state index contributed by atoms with van der Waals surface area (Å²) in [6.45, 7) is 3.48. The second-order valence-corrected chi connectivity index (χ2v) is 5.10. The summed E-state index contributed by atoms with van der Waals surface area (Å²) in [7, 11) is 4.01. The van der Waals surface area contributed by atoms with Crippen molar-refractivity contribution < 1.29 is 9.53 Å². The van der Waals surface area contributed by atoms with Crippen LogP contribution in [0.1, 0.15) is 19.8 Å². The third-order valence-electron chi connectivity index (χ3n) is 2.92. The fourth-order valence-corrected chi connectivity index (χ4v) is 1.58. The van der Waals surface area contributed by atoms with E-state index in [1.165, 1.54) is 0 Å². The van der Waals surface area contributed by atoms with Crippen molar-refractivity contribution in [3.05, 3.63) is 24.3 Å². The number of nitrogens with zero attached hydrogens (tertiary/aromatic N) is 1. The Morgan fingerprint density at radius 1 is 1.35 bits per heavy atom. The van der Waals surface area contributed by atoms with E-state index in [4.69, 9.17) is 10.5 Å². The number of carbonyl (C=O) groups excluding carboxylic acids is 1. The smallest absolute Gasteiger partial charge is 0.225 e. The van der Waals surface area contributed by atoms with Gasteiger partial charge in [-0.1, -0.05) is 6.92 Å². The molecule has 0 aromatic heterocycles. The molecule has 1 aromatic carbocycles. The second-order valence-electron chi connectivity index (χ2n) is 5.10. The van der Waals surface area contributed by atoms with Gasteiger partial charge in [-0.2, -0.15) is 0 Å². The molecule has 0 spiro atoms. The normalized spacial score (nSPS) is 12.2. The summed E-state index contributed by atoms with van der Waals surface area (Å²) in [6.07, 6.45) is 1.14. The van der Waals surface area contributed by atoms with Crippen LogP contribution >= 0.6 is 0 Å². The summed E-state index contributed by atoms with van der Waals surface area (Å²) < 4.78 is 5.58. The Hall–Kier alpha value is -1.59. The number of hydrogen-bond donors (Lipinski definition) is 2. The highest BCUT2D eigenvalue weighted by Gasteiger charge is 2.07. The van der Waals surface area contributed by atoms with E-state index in [0.29, 0.717) is 13.0 Å². The Morgan fingerprint density at radius 3 is 2.55 bits per heavy atom. The number of benzene rings is 1. The number of likely N-dealkylation sites (N-methyl/N-ethyl adjacent to an activating group) is 1. The molecule has 1 unspecified atom stereocenters. The fraction of sp³-hybridized carbons (Fsp3) is 0.533. The first-order chi connectivity index (χ1) is 9.51. The standard InChI is InChI=1S/C15H25N3O2/c1-4-12(16)11-15(19)17-13-5-7-14(8-6-13)20-10-9-18(2)3/h5-8,12H,4,9-11,16H2,1-3H3,(H,17,19). The number of nitrogens with two attached hydrogens (primary N) is 1. The van der Waals surface area contributed by atoms with Gasteiger partial charge in [0, 0.05) is 24.7 Å². The van der Waals surface area contributed by atoms with E-state index >= 15 is 0 Å². The van der Waals surface area contributed by atoms with E-state index in [1.54, 1.807) is 0 Å². The molecule has 1 amide bonds. The van der Waals surface area contributed by atoms with Crippen molar-refractivity contribution in [3.8, 4) is 5.75 Å². The summed E-state index contributed by atoms with van der Waals surface area (Å²) in [6, 6.07) is 7.29. The number of carbonyl (C=O) groups is 1. The van der Waals surface area contributed by atoms with Gasteiger partial charge < -0.3 is 20.7 Å². The Balaban J connectivity index is 2.40. The predicted octanol–water partition coefficient (Wildman–Crippen LogP) is 1.69. The first-order valence-electron chi connectivity index (χ1n) is 6.94. The van der Waals surface area contributed by atoms with E-state index in [0.717, 1.165) is 24.4 Å². The lowest BCUT2D eigenvalue weighted by molar-refractivity contribution is -0.116. The molecule has 112 valence electrons. The molecule has 0 saturated heterocycles. The molecule has 0 heterocycles. The van der Waals surface area contributed by atoms with Gasteiger partial charge in [0.1, 0.15) is 12.4 Å². The van der Waals surface area contributed by atoms with Gasteiger partial charge in [0.05, 0.1) is 0 Å². The Kier molecular flexibility index (Phi) is 7.04. The second kappa shape index (κ2) is 8.55. The zero-order valence-corrected chi connectivity index (χ0v) is 12.6. The van der Waals surface area contributed by atoms with Crippen LogP contribution in [-0.4, -0.2) is 44.1 Å². The lowest BCUT2D eigenvalue weighted by Gasteiger charge is -2.12. The van der Waals surface area contributed by atoms with Crippen LogP contribution in [0.3, 0.4) is 0 Å². The predicted molar refractivity (Wildman–Crippen MR) is 82.0 cm³/mol. The van der Waals surface area contributed by atoms with Crippen LogP contribution in [0.5, 0.6) is 5.75 Å². The zero-order chi connectivity index (χ0) is 15.0. The number of amides is 1. The lowest BCUT2D eigenvalue weighted by atomic mass is 10.1. The number of anilines is 1. The molecular weight excluding hydrogens is 254 g/mol. The monoisotopic (exact) mass is 279 g/mol. The van der Waals surface area contributed by atoms with Gasteiger partial charge in [-0.3, -0.25) is 4.79 Å².